The molecule has 0 aliphatic heterocycles. The van der Waals surface area contributed by atoms with Gasteiger partial charge in [0, 0.05) is 18.7 Å². The average Bonchev–Trinajstić information content (AvgIpc) is 2.89. The van der Waals surface area contributed by atoms with Gasteiger partial charge in [-0.1, -0.05) is 37.3 Å². The molecule has 0 bridgehead atoms. The van der Waals surface area contributed by atoms with Crippen LogP contribution in [0.15, 0.2) is 82.4 Å². The van der Waals surface area contributed by atoms with Gasteiger partial charge < -0.3 is 5.32 Å². The zero-order valence-electron chi connectivity index (χ0n) is 19.9. The molecule has 4 rings (SSSR count). The summed E-state index contributed by atoms with van der Waals surface area (Å²) < 4.78 is 41.0. The number of amides is 1. The molecule has 12 heteroatoms. The molecule has 1 N–H and O–H groups in total. The fourth-order valence-electron chi connectivity index (χ4n) is 4.21. The molecule has 1 aromatic heterocycles. The summed E-state index contributed by atoms with van der Waals surface area (Å²) in [7, 11) is 0. The number of benzene rings is 3. The monoisotopic (exact) mass is 526 g/mol. The van der Waals surface area contributed by atoms with Gasteiger partial charge in [-0.3, -0.25) is 24.3 Å². The number of nitro benzene ring substituents is 1. The Morgan fingerprint density at radius 3 is 2.42 bits per heavy atom. The van der Waals surface area contributed by atoms with Gasteiger partial charge in [-0.2, -0.15) is 13.2 Å². The number of fused-ring (bicyclic) bond motifs is 1. The Bertz CT molecular complexity index is 1660. The number of para-hydroxylation sites is 1. The molecule has 0 radical (unpaired) electrons. The molecule has 0 unspecified atom stereocenters. The lowest BCUT2D eigenvalue weighted by atomic mass is 10.1. The number of carbonyl (C=O) groups excluding carboxylic acids is 1. The summed E-state index contributed by atoms with van der Waals surface area (Å²) in [5, 5.41) is 13.9. The Morgan fingerprint density at radius 1 is 1.03 bits per heavy atom. The zero-order chi connectivity index (χ0) is 27.6. The Morgan fingerprint density at radius 2 is 1.74 bits per heavy atom. The molecule has 38 heavy (non-hydrogen) atoms. The molecular weight excluding hydrogens is 505 g/mol. The van der Waals surface area contributed by atoms with Gasteiger partial charge in [0.15, 0.2) is 0 Å². The predicted molar refractivity (Wildman–Crippen MR) is 133 cm³/mol. The number of hydrogen-bond acceptors (Lipinski definition) is 5. The summed E-state index contributed by atoms with van der Waals surface area (Å²) in [6.07, 6.45) is -4.44. The van der Waals surface area contributed by atoms with Crippen molar-refractivity contribution in [2.75, 3.05) is 0 Å². The van der Waals surface area contributed by atoms with Crippen molar-refractivity contribution in [1.29, 1.82) is 0 Å². The summed E-state index contributed by atoms with van der Waals surface area (Å²) >= 11 is 0. The van der Waals surface area contributed by atoms with Crippen LogP contribution in [-0.4, -0.2) is 20.0 Å². The standard InChI is InChI=1S/C26H21F3N4O5/c1-2-21(23(34)30-15-16-7-5-8-17(13-16)26(27,28)29)32-22-12-4-3-11-20(22)24(35)31(25(32)36)18-9-6-10-19(14-18)33(37)38/h3-14,21H,2,15H2,1H3,(H,30,34)/t21-/m1/s1. The minimum absolute atomic E-state index is 0.0482. The van der Waals surface area contributed by atoms with E-state index in [4.69, 9.17) is 0 Å². The molecule has 0 saturated carbocycles. The number of halogens is 3. The average molecular weight is 526 g/mol. The Labute approximate surface area is 212 Å². The normalized spacial score (nSPS) is 12.3. The van der Waals surface area contributed by atoms with E-state index in [1.807, 2.05) is 0 Å². The van der Waals surface area contributed by atoms with Crippen LogP contribution in [-0.2, 0) is 17.5 Å². The first kappa shape index (κ1) is 26.3. The van der Waals surface area contributed by atoms with Crippen LogP contribution in [0.1, 0.15) is 30.5 Å². The summed E-state index contributed by atoms with van der Waals surface area (Å²) in [5.41, 5.74) is -2.47. The molecule has 0 aliphatic rings. The van der Waals surface area contributed by atoms with Gasteiger partial charge in [0.2, 0.25) is 5.91 Å². The van der Waals surface area contributed by atoms with E-state index in [0.717, 1.165) is 27.3 Å². The summed E-state index contributed by atoms with van der Waals surface area (Å²) in [4.78, 5) is 50.8. The van der Waals surface area contributed by atoms with Gasteiger partial charge in [-0.05, 0) is 42.3 Å². The van der Waals surface area contributed by atoms with Crippen LogP contribution in [0.2, 0.25) is 0 Å². The van der Waals surface area contributed by atoms with Crippen LogP contribution in [0.5, 0.6) is 0 Å². The highest BCUT2D eigenvalue weighted by molar-refractivity contribution is 5.84. The topological polar surface area (TPSA) is 116 Å². The van der Waals surface area contributed by atoms with Crippen molar-refractivity contribution >= 4 is 22.5 Å². The van der Waals surface area contributed by atoms with Gasteiger partial charge in [-0.15, -0.1) is 0 Å². The second-order valence-corrected chi connectivity index (χ2v) is 8.43. The molecule has 0 spiro atoms. The summed E-state index contributed by atoms with van der Waals surface area (Å²) in [5.74, 6) is -0.651. The van der Waals surface area contributed by atoms with E-state index in [9.17, 15) is 37.7 Å². The quantitative estimate of drug-likeness (QED) is 0.284. The second-order valence-electron chi connectivity index (χ2n) is 8.43. The Kier molecular flexibility index (Phi) is 7.15. The van der Waals surface area contributed by atoms with Crippen molar-refractivity contribution in [2.24, 2.45) is 0 Å². The van der Waals surface area contributed by atoms with Crippen LogP contribution in [0.3, 0.4) is 0 Å². The lowest BCUT2D eigenvalue weighted by molar-refractivity contribution is -0.384. The first-order valence-electron chi connectivity index (χ1n) is 11.5. The number of carbonyl (C=O) groups is 1. The number of rotatable bonds is 7. The minimum atomic E-state index is -4.54. The van der Waals surface area contributed by atoms with E-state index in [-0.39, 0.29) is 40.8 Å². The number of nitro groups is 1. The number of nitrogens with zero attached hydrogens (tertiary/aromatic N) is 3. The third-order valence-electron chi connectivity index (χ3n) is 6.02. The van der Waals surface area contributed by atoms with E-state index in [2.05, 4.69) is 5.32 Å². The van der Waals surface area contributed by atoms with E-state index in [1.165, 1.54) is 42.5 Å². The van der Waals surface area contributed by atoms with Crippen molar-refractivity contribution in [3.63, 3.8) is 0 Å². The lowest BCUT2D eigenvalue weighted by Gasteiger charge is -2.21. The molecule has 4 aromatic rings. The van der Waals surface area contributed by atoms with Crippen LogP contribution in [0.25, 0.3) is 16.6 Å². The van der Waals surface area contributed by atoms with Gasteiger partial charge in [0.1, 0.15) is 6.04 Å². The number of alkyl halides is 3. The van der Waals surface area contributed by atoms with Crippen molar-refractivity contribution in [3.05, 3.63) is 115 Å². The molecule has 9 nitrogen and oxygen atoms in total. The minimum Gasteiger partial charge on any atom is -0.350 e. The van der Waals surface area contributed by atoms with E-state index in [1.54, 1.807) is 19.1 Å². The van der Waals surface area contributed by atoms with Gasteiger partial charge in [-0.25, -0.2) is 9.36 Å². The third-order valence-corrected chi connectivity index (χ3v) is 6.02. The molecule has 196 valence electrons. The highest BCUT2D eigenvalue weighted by Gasteiger charge is 2.30. The molecule has 1 heterocycles. The van der Waals surface area contributed by atoms with Gasteiger partial charge in [0.25, 0.3) is 11.2 Å². The first-order valence-corrected chi connectivity index (χ1v) is 11.5. The Balaban J connectivity index is 1.79. The van der Waals surface area contributed by atoms with Crippen LogP contribution >= 0.6 is 0 Å². The third kappa shape index (κ3) is 5.05. The summed E-state index contributed by atoms with van der Waals surface area (Å²) in [6.45, 7) is 1.41. The highest BCUT2D eigenvalue weighted by Crippen LogP contribution is 2.29. The van der Waals surface area contributed by atoms with Crippen LogP contribution in [0.4, 0.5) is 18.9 Å². The van der Waals surface area contributed by atoms with Crippen molar-refractivity contribution < 1.29 is 22.9 Å². The molecule has 0 aliphatic carbocycles. The number of aromatic nitrogens is 2. The predicted octanol–water partition coefficient (Wildman–Crippen LogP) is 4.35. The van der Waals surface area contributed by atoms with E-state index >= 15 is 0 Å². The molecule has 0 saturated heterocycles. The maximum absolute atomic E-state index is 13.7. The van der Waals surface area contributed by atoms with Crippen LogP contribution < -0.4 is 16.6 Å². The maximum atomic E-state index is 13.7. The largest absolute Gasteiger partial charge is 0.416 e. The smallest absolute Gasteiger partial charge is 0.350 e. The van der Waals surface area contributed by atoms with Crippen molar-refractivity contribution in [2.45, 2.75) is 32.1 Å². The van der Waals surface area contributed by atoms with Gasteiger partial charge >= 0.3 is 11.9 Å². The first-order chi connectivity index (χ1) is 18.0. The molecule has 0 fully saturated rings. The molecule has 1 atom stereocenters. The Hall–Kier alpha value is -4.74. The highest BCUT2D eigenvalue weighted by atomic mass is 19.4. The van der Waals surface area contributed by atoms with E-state index < -0.39 is 39.9 Å². The lowest BCUT2D eigenvalue weighted by Crippen LogP contribution is -2.44. The maximum Gasteiger partial charge on any atom is 0.416 e. The number of nitrogens with one attached hydrogen (secondary N) is 1. The molecule has 3 aromatic carbocycles. The molecular formula is C26H21F3N4O5. The zero-order valence-corrected chi connectivity index (χ0v) is 19.9. The van der Waals surface area contributed by atoms with Crippen LogP contribution in [0, 0.1) is 10.1 Å². The fraction of sp³-hybridized carbons (Fsp3) is 0.192. The number of non-ortho nitro benzene ring substituents is 1. The van der Waals surface area contributed by atoms with E-state index in [0.29, 0.717) is 0 Å². The second kappa shape index (κ2) is 10.3. The SMILES string of the molecule is CC[C@H](C(=O)NCc1cccc(C(F)(F)F)c1)n1c(=O)n(-c2cccc([N+](=O)[O-])c2)c(=O)c2ccccc21. The van der Waals surface area contributed by atoms with Crippen molar-refractivity contribution in [3.8, 4) is 5.69 Å². The fourth-order valence-corrected chi connectivity index (χ4v) is 4.21. The van der Waals surface area contributed by atoms with Crippen molar-refractivity contribution in [1.82, 2.24) is 14.5 Å². The summed E-state index contributed by atoms with van der Waals surface area (Å²) in [6, 6.07) is 14.5. The van der Waals surface area contributed by atoms with Gasteiger partial charge in [0.05, 0.1) is 27.1 Å². The number of hydrogen-bond donors (Lipinski definition) is 1. The molecule has 1 amide bonds.